The monoisotopic (exact) mass is 188 g/mol. The maximum absolute atomic E-state index is 10.3. The van der Waals surface area contributed by atoms with Gasteiger partial charge in [-0.15, -0.1) is 0 Å². The van der Waals surface area contributed by atoms with Gasteiger partial charge < -0.3 is 0 Å². The molecule has 3 rings (SSSR count). The molecule has 3 aliphatic heterocycles. The van der Waals surface area contributed by atoms with E-state index in [-0.39, 0.29) is 0 Å². The van der Waals surface area contributed by atoms with Gasteiger partial charge in [0.15, 0.2) is 2.74 Å². The van der Waals surface area contributed by atoms with Crippen LogP contribution in [0.2, 0.25) is 0 Å². The molecular formula is COS5. The quantitative estimate of drug-likeness (QED) is 0.422. The first-order chi connectivity index (χ1) is 3.26. The van der Waals surface area contributed by atoms with Gasteiger partial charge in [-0.3, -0.25) is 0 Å². The molecule has 0 saturated carbocycles. The highest BCUT2D eigenvalue weighted by Crippen LogP contribution is 3.27. The molecular weight excluding hydrogens is 188 g/mol. The van der Waals surface area contributed by atoms with Crippen molar-refractivity contribution in [3.63, 3.8) is 0 Å². The predicted octanol–water partition coefficient (Wildman–Crippen LogP) is 1.40. The summed E-state index contributed by atoms with van der Waals surface area (Å²) in [6.07, 6.45) is 0. The minimum atomic E-state index is -1.19. The van der Waals surface area contributed by atoms with E-state index in [1.807, 2.05) is 32.4 Å². The molecule has 1 nitrogen and oxygen atoms in total. The molecule has 0 radical (unpaired) electrons. The van der Waals surface area contributed by atoms with E-state index in [0.29, 0.717) is 2.74 Å². The Bertz CT molecular complexity index is 241. The Labute approximate surface area is 54.2 Å². The molecule has 0 amide bonds. The fourth-order valence-electron chi connectivity index (χ4n) is 0.579. The number of hydrogen-bond acceptors (Lipinski definition) is 4. The summed E-state index contributed by atoms with van der Waals surface area (Å²) in [6.45, 7) is 0. The van der Waals surface area contributed by atoms with Crippen molar-refractivity contribution in [2.75, 3.05) is 0 Å². The van der Waals surface area contributed by atoms with Crippen LogP contribution in [0.5, 0.6) is 0 Å². The molecule has 7 heavy (non-hydrogen) atoms. The lowest BCUT2D eigenvalue weighted by Crippen LogP contribution is -1.77. The summed E-state index contributed by atoms with van der Waals surface area (Å²) in [5, 5.41) is 0. The van der Waals surface area contributed by atoms with Gasteiger partial charge >= 0.3 is 0 Å². The molecule has 0 aromatic carbocycles. The first kappa shape index (κ1) is 4.27. The van der Waals surface area contributed by atoms with Crippen molar-refractivity contribution in [1.29, 1.82) is 0 Å². The molecule has 0 atom stereocenters. The van der Waals surface area contributed by atoms with Crippen LogP contribution in [0.25, 0.3) is 0 Å². The first-order valence-electron chi connectivity index (χ1n) is 1.65. The molecule has 3 heterocycles. The highest BCUT2D eigenvalue weighted by Gasteiger charge is 3.10. The van der Waals surface area contributed by atoms with E-state index in [1.54, 1.807) is 0 Å². The van der Waals surface area contributed by atoms with Crippen LogP contribution < -0.4 is 0 Å². The van der Waals surface area contributed by atoms with Gasteiger partial charge in [0.25, 0.3) is 0 Å². The van der Waals surface area contributed by atoms with Gasteiger partial charge in [-0.1, -0.05) is 0 Å². The number of rotatable bonds is 0. The van der Waals surface area contributed by atoms with Crippen LogP contribution in [0.1, 0.15) is 0 Å². The van der Waals surface area contributed by atoms with Crippen LogP contribution in [0.3, 0.4) is 0 Å². The van der Waals surface area contributed by atoms with E-state index in [9.17, 15) is 4.21 Å². The zero-order valence-corrected chi connectivity index (χ0v) is 7.03. The molecule has 0 N–H and O–H groups in total. The van der Waals surface area contributed by atoms with Gasteiger partial charge in [-0.2, -0.15) is 0 Å². The largest absolute Gasteiger partial charge is 0.205 e. The van der Waals surface area contributed by atoms with Gasteiger partial charge in [0.05, 0.1) is 0 Å². The minimum Gasteiger partial charge on any atom is -0.205 e. The second-order valence-corrected chi connectivity index (χ2v) is 21.4. The van der Waals surface area contributed by atoms with E-state index >= 15 is 0 Å². The summed E-state index contributed by atoms with van der Waals surface area (Å²) in [4.78, 5) is -1.19. The lowest BCUT2D eigenvalue weighted by molar-refractivity contribution is 0.701. The fraction of sp³-hybridized carbons (Fsp3) is 1.00. The topological polar surface area (TPSA) is 17.1 Å². The summed E-state index contributed by atoms with van der Waals surface area (Å²) in [5.41, 5.74) is 0. The Hall–Kier alpha value is 1.42. The lowest BCUT2D eigenvalue weighted by Gasteiger charge is -2.06. The molecule has 3 aliphatic rings. The zero-order chi connectivity index (χ0) is 4.78. The van der Waals surface area contributed by atoms with E-state index in [1.165, 1.54) is 0 Å². The van der Waals surface area contributed by atoms with Gasteiger partial charge in [0.2, 0.25) is 0 Å². The molecule has 0 bridgehead atoms. The van der Waals surface area contributed by atoms with Crippen LogP contribution in [-0.4, -0.2) is 6.95 Å². The van der Waals surface area contributed by atoms with E-state index in [4.69, 9.17) is 0 Å². The van der Waals surface area contributed by atoms with E-state index in [0.717, 1.165) is 10.2 Å². The standard InChI is InChI=1S/COS5/c2-6-7-1(3-7,4-7)5-7. The van der Waals surface area contributed by atoms with Crippen LogP contribution in [0.15, 0.2) is 0 Å². The predicted molar refractivity (Wildman–Crippen MR) is 41.0 cm³/mol. The SMILES string of the molecule is O=S=S123SC1(S2)S3. The summed E-state index contributed by atoms with van der Waals surface area (Å²) < 4.78 is 10.8. The molecule has 3 saturated heterocycles. The van der Waals surface area contributed by atoms with Gasteiger partial charge in [-0.25, -0.2) is 4.21 Å². The van der Waals surface area contributed by atoms with Crippen molar-refractivity contribution in [3.8, 4) is 0 Å². The smallest absolute Gasteiger partial charge is 0.199 e. The molecule has 0 unspecified atom stereocenters. The molecule has 6 heteroatoms. The van der Waals surface area contributed by atoms with E-state index in [2.05, 4.69) is 0 Å². The third-order valence-electron chi connectivity index (χ3n) is 1.18. The Balaban J connectivity index is 2.72. The van der Waals surface area contributed by atoms with Gasteiger partial charge in [-0.05, 0) is 37.2 Å². The van der Waals surface area contributed by atoms with Crippen molar-refractivity contribution in [3.05, 3.63) is 0 Å². The van der Waals surface area contributed by atoms with Crippen LogP contribution in [0, 0.1) is 0 Å². The van der Waals surface area contributed by atoms with Crippen molar-refractivity contribution in [2.24, 2.45) is 0 Å². The second-order valence-electron chi connectivity index (χ2n) is 1.56. The molecule has 0 aliphatic carbocycles. The number of hydrogen-bond donors (Lipinski definition) is 0. The molecule has 0 spiro atoms. The third kappa shape index (κ3) is 0.207. The maximum atomic E-state index is 10.3. The van der Waals surface area contributed by atoms with Crippen LogP contribution in [-0.2, 0) is 15.0 Å². The second kappa shape index (κ2) is 0.667. The van der Waals surface area contributed by atoms with Gasteiger partial charge in [0, 0.05) is 0 Å². The Kier molecular flexibility index (Phi) is 0.407. The highest BCUT2D eigenvalue weighted by atomic mass is 34.1. The molecule has 40 valence electrons. The van der Waals surface area contributed by atoms with Gasteiger partial charge in [0.1, 0.15) is 10.2 Å². The first-order valence-corrected chi connectivity index (χ1v) is 8.95. The summed E-state index contributed by atoms with van der Waals surface area (Å²) in [5.74, 6) is 0. The molecule has 0 aromatic rings. The molecule has 0 aromatic heterocycles. The third-order valence-corrected chi connectivity index (χ3v) is 26.9. The maximum Gasteiger partial charge on any atom is 0.199 e. The summed E-state index contributed by atoms with van der Waals surface area (Å²) >= 11 is 0. The van der Waals surface area contributed by atoms with Crippen LogP contribution >= 0.6 is 32.4 Å². The normalized spacial score (nSPS) is 67.7. The molecule has 3 fully saturated rings. The average molecular weight is 188 g/mol. The van der Waals surface area contributed by atoms with Crippen molar-refractivity contribution in [2.45, 2.75) is 2.74 Å². The fourth-order valence-corrected chi connectivity index (χ4v) is 31.4. The Morgan fingerprint density at radius 2 is 1.86 bits per heavy atom. The summed E-state index contributed by atoms with van der Waals surface area (Å²) in [6, 6.07) is 0. The zero-order valence-electron chi connectivity index (χ0n) is 2.95. The lowest BCUT2D eigenvalue weighted by atomic mass is 11.8. The Morgan fingerprint density at radius 1 is 1.43 bits per heavy atom. The minimum absolute atomic E-state index is 0.517. The highest BCUT2D eigenvalue weighted by molar-refractivity contribution is 9.85. The van der Waals surface area contributed by atoms with Crippen molar-refractivity contribution >= 4 is 47.4 Å². The average Bonchev–Trinajstić information content (AvgIpc) is 2.10. The van der Waals surface area contributed by atoms with Crippen molar-refractivity contribution < 1.29 is 4.21 Å². The van der Waals surface area contributed by atoms with Crippen LogP contribution in [0.4, 0.5) is 0 Å². The summed E-state index contributed by atoms with van der Waals surface area (Å²) in [7, 11) is 6.68. The van der Waals surface area contributed by atoms with Crippen molar-refractivity contribution in [1.82, 2.24) is 0 Å². The van der Waals surface area contributed by atoms with E-state index < -0.39 is 4.82 Å². The Morgan fingerprint density at radius 3 is 1.86 bits per heavy atom.